The van der Waals surface area contributed by atoms with Crippen molar-refractivity contribution in [1.29, 1.82) is 0 Å². The van der Waals surface area contributed by atoms with Gasteiger partial charge in [-0.1, -0.05) is 29.8 Å². The number of benzene rings is 2. The zero-order valence-electron chi connectivity index (χ0n) is 20.9. The number of hydrogen-bond acceptors (Lipinski definition) is 4. The summed E-state index contributed by atoms with van der Waals surface area (Å²) in [6, 6.07) is 9.91. The topological polar surface area (TPSA) is 76.1 Å². The van der Waals surface area contributed by atoms with Crippen LogP contribution in [0.2, 0.25) is 0 Å². The fraction of sp³-hybridized carbons (Fsp3) is 0.481. The van der Waals surface area contributed by atoms with Gasteiger partial charge in [-0.2, -0.15) is 0 Å². The van der Waals surface area contributed by atoms with Crippen molar-refractivity contribution in [1.82, 2.24) is 0 Å². The van der Waals surface area contributed by atoms with Crippen molar-refractivity contribution in [2.45, 2.75) is 79.1 Å². The number of rotatable bonds is 4. The van der Waals surface area contributed by atoms with Crippen LogP contribution in [-0.2, 0) is 20.7 Å². The third kappa shape index (κ3) is 5.56. The van der Waals surface area contributed by atoms with Crippen LogP contribution in [0.4, 0.5) is 10.5 Å². The minimum absolute atomic E-state index is 0.399. The normalized spacial score (nSPS) is 14.7. The maximum atomic E-state index is 12.9. The van der Waals surface area contributed by atoms with Crippen LogP contribution in [0.1, 0.15) is 69.9 Å². The summed E-state index contributed by atoms with van der Waals surface area (Å²) >= 11 is 0. The number of amides is 1. The van der Waals surface area contributed by atoms with Crippen LogP contribution in [-0.4, -0.2) is 34.9 Å². The average molecular weight is 454 g/mol. The van der Waals surface area contributed by atoms with Gasteiger partial charge < -0.3 is 14.6 Å². The molecule has 0 saturated heterocycles. The molecule has 1 N–H and O–H groups in total. The fourth-order valence-electron chi connectivity index (χ4n) is 4.18. The minimum atomic E-state index is -1.14. The molecule has 0 fully saturated rings. The first-order valence-corrected chi connectivity index (χ1v) is 11.3. The van der Waals surface area contributed by atoms with E-state index in [2.05, 4.69) is 0 Å². The van der Waals surface area contributed by atoms with Crippen molar-refractivity contribution >= 4 is 17.7 Å². The summed E-state index contributed by atoms with van der Waals surface area (Å²) in [6.45, 7) is 15.4. The van der Waals surface area contributed by atoms with E-state index in [1.54, 1.807) is 4.90 Å². The average Bonchev–Trinajstić information content (AvgIpc) is 3.07. The van der Waals surface area contributed by atoms with E-state index in [9.17, 15) is 14.7 Å². The standard InChI is InChI=1S/C27H35NO5/c1-16-9-11-18(12-10-16)22-19-13-14-28(25(31)33-27(6,7)8)20(19)15-17(2)21(22)23(24(29)30)32-26(3,4)5/h9-12,15,23H,13-14H2,1-8H3,(H,29,30)/t23-/m0/s1. The molecule has 1 aliphatic heterocycles. The molecule has 1 heterocycles. The number of fused-ring (bicyclic) bond motifs is 1. The SMILES string of the molecule is Cc1ccc(-c2c3c(cc(C)c2[C@H](OC(C)(C)C)C(=O)O)N(C(=O)OC(C)(C)C)CC3)cc1. The molecule has 0 unspecified atom stereocenters. The van der Waals surface area contributed by atoms with Gasteiger partial charge in [0, 0.05) is 12.1 Å². The maximum absolute atomic E-state index is 12.9. The van der Waals surface area contributed by atoms with Crippen LogP contribution in [0, 0.1) is 13.8 Å². The number of nitrogens with zero attached hydrogens (tertiary/aromatic N) is 1. The van der Waals surface area contributed by atoms with Crippen molar-refractivity contribution in [3.8, 4) is 11.1 Å². The lowest BCUT2D eigenvalue weighted by molar-refractivity contribution is -0.160. The first-order valence-electron chi connectivity index (χ1n) is 11.3. The van der Waals surface area contributed by atoms with Crippen LogP contribution in [0.3, 0.4) is 0 Å². The summed E-state index contributed by atoms with van der Waals surface area (Å²) in [4.78, 5) is 27.0. The van der Waals surface area contributed by atoms with Crippen LogP contribution < -0.4 is 4.90 Å². The van der Waals surface area contributed by atoms with E-state index in [0.29, 0.717) is 18.5 Å². The molecule has 0 bridgehead atoms. The number of ether oxygens (including phenoxy) is 2. The van der Waals surface area contributed by atoms with E-state index >= 15 is 0 Å². The first-order chi connectivity index (χ1) is 15.2. The van der Waals surface area contributed by atoms with Gasteiger partial charge in [-0.05, 0) is 90.1 Å². The Balaban J connectivity index is 2.25. The first kappa shape index (κ1) is 24.8. The number of carboxylic acid groups (broad SMARTS) is 1. The van der Waals surface area contributed by atoms with Gasteiger partial charge in [-0.25, -0.2) is 9.59 Å². The van der Waals surface area contributed by atoms with Crippen molar-refractivity contribution in [3.05, 3.63) is 52.6 Å². The molecule has 1 amide bonds. The second-order valence-corrected chi connectivity index (χ2v) is 10.7. The lowest BCUT2D eigenvalue weighted by atomic mass is 9.86. The van der Waals surface area contributed by atoms with Crippen LogP contribution in [0.5, 0.6) is 0 Å². The van der Waals surface area contributed by atoms with Gasteiger partial charge in [0.15, 0.2) is 6.10 Å². The Labute approximate surface area is 196 Å². The number of carbonyl (C=O) groups excluding carboxylic acids is 1. The van der Waals surface area contributed by atoms with E-state index in [-0.39, 0.29) is 0 Å². The third-order valence-electron chi connectivity index (χ3n) is 5.45. The molecule has 3 rings (SSSR count). The molecule has 0 saturated carbocycles. The lowest BCUT2D eigenvalue weighted by Gasteiger charge is -2.29. The van der Waals surface area contributed by atoms with Gasteiger partial charge in [0.2, 0.25) is 0 Å². The van der Waals surface area contributed by atoms with Crippen molar-refractivity contribution in [2.24, 2.45) is 0 Å². The van der Waals surface area contributed by atoms with Crippen LogP contribution in [0.25, 0.3) is 11.1 Å². The summed E-state index contributed by atoms with van der Waals surface area (Å²) in [7, 11) is 0. The van der Waals surface area contributed by atoms with Gasteiger partial charge >= 0.3 is 12.1 Å². The van der Waals surface area contributed by atoms with Crippen LogP contribution in [0.15, 0.2) is 30.3 Å². The lowest BCUT2D eigenvalue weighted by Crippen LogP contribution is -2.35. The Hall–Kier alpha value is -2.86. The number of anilines is 1. The fourth-order valence-corrected chi connectivity index (χ4v) is 4.18. The van der Waals surface area contributed by atoms with Gasteiger partial charge in [0.25, 0.3) is 0 Å². The van der Waals surface area contributed by atoms with Gasteiger partial charge in [0.1, 0.15) is 5.60 Å². The molecule has 6 heteroatoms. The highest BCUT2D eigenvalue weighted by Gasteiger charge is 2.36. The molecule has 178 valence electrons. The molecule has 6 nitrogen and oxygen atoms in total. The quantitative estimate of drug-likeness (QED) is 0.596. The molecule has 2 aromatic rings. The number of carbonyl (C=O) groups is 2. The highest BCUT2D eigenvalue weighted by molar-refractivity contribution is 5.95. The Morgan fingerprint density at radius 1 is 1.00 bits per heavy atom. The zero-order chi connectivity index (χ0) is 24.7. The zero-order valence-corrected chi connectivity index (χ0v) is 20.9. The second-order valence-electron chi connectivity index (χ2n) is 10.7. The van der Waals surface area contributed by atoms with Crippen LogP contribution >= 0.6 is 0 Å². The molecule has 0 aliphatic carbocycles. The van der Waals surface area contributed by atoms with E-state index in [4.69, 9.17) is 9.47 Å². The monoisotopic (exact) mass is 453 g/mol. The minimum Gasteiger partial charge on any atom is -0.479 e. The number of aryl methyl sites for hydroxylation is 2. The largest absolute Gasteiger partial charge is 0.479 e. The number of hydrogen-bond donors (Lipinski definition) is 1. The molecule has 1 aliphatic rings. The smallest absolute Gasteiger partial charge is 0.414 e. The highest BCUT2D eigenvalue weighted by atomic mass is 16.6. The summed E-state index contributed by atoms with van der Waals surface area (Å²) in [5.41, 5.74) is 4.68. The molecular formula is C27H35NO5. The molecule has 33 heavy (non-hydrogen) atoms. The molecule has 0 radical (unpaired) electrons. The van der Waals surface area contributed by atoms with Gasteiger partial charge in [-0.3, -0.25) is 4.90 Å². The molecule has 2 aromatic carbocycles. The van der Waals surface area contributed by atoms with E-state index in [0.717, 1.165) is 33.5 Å². The van der Waals surface area contributed by atoms with Crippen molar-refractivity contribution in [3.63, 3.8) is 0 Å². The van der Waals surface area contributed by atoms with E-state index in [1.165, 1.54) is 0 Å². The number of carboxylic acids is 1. The van der Waals surface area contributed by atoms with Gasteiger partial charge in [-0.15, -0.1) is 0 Å². The Kier molecular flexibility index (Phi) is 6.62. The summed E-state index contributed by atoms with van der Waals surface area (Å²) < 4.78 is 11.7. The van der Waals surface area contributed by atoms with E-state index < -0.39 is 29.4 Å². The molecule has 0 aromatic heterocycles. The Bertz CT molecular complexity index is 1060. The summed E-state index contributed by atoms with van der Waals surface area (Å²) in [6.07, 6.45) is -0.932. The Morgan fingerprint density at radius 3 is 2.12 bits per heavy atom. The predicted molar refractivity (Wildman–Crippen MR) is 130 cm³/mol. The van der Waals surface area contributed by atoms with Gasteiger partial charge in [0.05, 0.1) is 11.3 Å². The molecular weight excluding hydrogens is 418 g/mol. The van der Waals surface area contributed by atoms with E-state index in [1.807, 2.05) is 85.7 Å². The van der Waals surface area contributed by atoms with Crippen molar-refractivity contribution < 1.29 is 24.2 Å². The molecule has 1 atom stereocenters. The molecule has 0 spiro atoms. The summed E-state index contributed by atoms with van der Waals surface area (Å²) in [5.74, 6) is -1.04. The van der Waals surface area contributed by atoms with Crippen molar-refractivity contribution in [2.75, 3.05) is 11.4 Å². The number of aliphatic carboxylic acids is 1. The third-order valence-corrected chi connectivity index (χ3v) is 5.45. The predicted octanol–water partition coefficient (Wildman–Crippen LogP) is 6.21. The highest BCUT2D eigenvalue weighted by Crippen LogP contribution is 2.44. The Morgan fingerprint density at radius 2 is 1.61 bits per heavy atom. The second kappa shape index (κ2) is 8.82. The maximum Gasteiger partial charge on any atom is 0.414 e. The summed E-state index contributed by atoms with van der Waals surface area (Å²) in [5, 5.41) is 10.1.